The van der Waals surface area contributed by atoms with Gasteiger partial charge in [0, 0.05) is 10.6 Å². The fourth-order valence-electron chi connectivity index (χ4n) is 1.12. The van der Waals surface area contributed by atoms with Gasteiger partial charge in [0.15, 0.2) is 5.78 Å². The minimum Gasteiger partial charge on any atom is -0.373 e. The Labute approximate surface area is 105 Å². The van der Waals surface area contributed by atoms with Gasteiger partial charge in [-0.3, -0.25) is 4.79 Å². The van der Waals surface area contributed by atoms with Crippen LogP contribution in [0.25, 0.3) is 0 Å². The Morgan fingerprint density at radius 2 is 2.19 bits per heavy atom. The minimum atomic E-state index is -0.147. The van der Waals surface area contributed by atoms with E-state index in [0.717, 1.165) is 6.42 Å². The van der Waals surface area contributed by atoms with Gasteiger partial charge in [-0.2, -0.15) is 0 Å². The maximum Gasteiger partial charge on any atom is 0.189 e. The van der Waals surface area contributed by atoms with Gasteiger partial charge in [0.25, 0.3) is 0 Å². The van der Waals surface area contributed by atoms with E-state index in [1.54, 1.807) is 24.3 Å². The molecule has 0 heterocycles. The SMILES string of the molecule is C=CCCOCC(=O)c1ccc(Cl)cc1Cl. The molecule has 0 fully saturated rings. The summed E-state index contributed by atoms with van der Waals surface area (Å²) < 4.78 is 5.16. The molecule has 0 amide bonds. The van der Waals surface area contributed by atoms with Crippen LogP contribution in [0.4, 0.5) is 0 Å². The van der Waals surface area contributed by atoms with E-state index in [1.165, 1.54) is 0 Å². The fourth-order valence-corrected chi connectivity index (χ4v) is 1.64. The number of ether oxygens (including phenoxy) is 1. The molecule has 4 heteroatoms. The van der Waals surface area contributed by atoms with E-state index in [0.29, 0.717) is 22.2 Å². The van der Waals surface area contributed by atoms with E-state index in [-0.39, 0.29) is 12.4 Å². The largest absolute Gasteiger partial charge is 0.373 e. The van der Waals surface area contributed by atoms with E-state index in [2.05, 4.69) is 6.58 Å². The number of benzene rings is 1. The van der Waals surface area contributed by atoms with Crippen LogP contribution in [0.3, 0.4) is 0 Å². The summed E-state index contributed by atoms with van der Waals surface area (Å²) in [6.45, 7) is 4.07. The van der Waals surface area contributed by atoms with Crippen LogP contribution in [-0.4, -0.2) is 19.0 Å². The summed E-state index contributed by atoms with van der Waals surface area (Å²) in [7, 11) is 0. The molecule has 0 saturated carbocycles. The molecule has 16 heavy (non-hydrogen) atoms. The molecule has 0 N–H and O–H groups in total. The zero-order valence-electron chi connectivity index (χ0n) is 8.71. The first-order chi connectivity index (χ1) is 7.65. The van der Waals surface area contributed by atoms with Gasteiger partial charge in [0.2, 0.25) is 0 Å². The van der Waals surface area contributed by atoms with Crippen molar-refractivity contribution in [1.29, 1.82) is 0 Å². The third-order valence-electron chi connectivity index (χ3n) is 1.93. The van der Waals surface area contributed by atoms with Crippen molar-refractivity contribution in [3.8, 4) is 0 Å². The van der Waals surface area contributed by atoms with E-state index in [4.69, 9.17) is 27.9 Å². The average Bonchev–Trinajstić information content (AvgIpc) is 2.24. The second kappa shape index (κ2) is 6.69. The van der Waals surface area contributed by atoms with E-state index in [9.17, 15) is 4.79 Å². The Kier molecular flexibility index (Phi) is 5.53. The average molecular weight is 259 g/mol. The zero-order valence-corrected chi connectivity index (χ0v) is 10.2. The minimum absolute atomic E-state index is 0.0230. The molecule has 0 aliphatic carbocycles. The lowest BCUT2D eigenvalue weighted by atomic mass is 10.1. The second-order valence-electron chi connectivity index (χ2n) is 3.18. The third-order valence-corrected chi connectivity index (χ3v) is 2.48. The Morgan fingerprint density at radius 3 is 2.81 bits per heavy atom. The lowest BCUT2D eigenvalue weighted by Crippen LogP contribution is -2.10. The standard InChI is InChI=1S/C12H12Cl2O2/c1-2-3-6-16-8-12(15)10-5-4-9(13)7-11(10)14/h2,4-5,7H,1,3,6,8H2. The summed E-state index contributed by atoms with van der Waals surface area (Å²) in [5.74, 6) is -0.147. The molecule has 1 aromatic carbocycles. The maximum absolute atomic E-state index is 11.7. The summed E-state index contributed by atoms with van der Waals surface area (Å²) in [5, 5.41) is 0.860. The van der Waals surface area contributed by atoms with Crippen LogP contribution in [0.1, 0.15) is 16.8 Å². The number of hydrogen-bond acceptors (Lipinski definition) is 2. The highest BCUT2D eigenvalue weighted by molar-refractivity contribution is 6.36. The van der Waals surface area contributed by atoms with Gasteiger partial charge in [0.1, 0.15) is 6.61 Å². The first-order valence-electron chi connectivity index (χ1n) is 4.82. The Morgan fingerprint density at radius 1 is 1.44 bits per heavy atom. The summed E-state index contributed by atoms with van der Waals surface area (Å²) in [5.41, 5.74) is 0.435. The molecule has 0 atom stereocenters. The summed E-state index contributed by atoms with van der Waals surface area (Å²) in [6.07, 6.45) is 2.46. The highest BCUT2D eigenvalue weighted by Gasteiger charge is 2.10. The van der Waals surface area contributed by atoms with Crippen molar-refractivity contribution in [2.75, 3.05) is 13.2 Å². The molecule has 0 radical (unpaired) electrons. The molecule has 0 spiro atoms. The summed E-state index contributed by atoms with van der Waals surface area (Å²) >= 11 is 11.6. The van der Waals surface area contributed by atoms with Crippen LogP contribution >= 0.6 is 23.2 Å². The van der Waals surface area contributed by atoms with Gasteiger partial charge >= 0.3 is 0 Å². The Balaban J connectivity index is 2.56. The van der Waals surface area contributed by atoms with E-state index >= 15 is 0 Å². The van der Waals surface area contributed by atoms with Crippen molar-refractivity contribution < 1.29 is 9.53 Å². The predicted molar refractivity (Wildman–Crippen MR) is 66.4 cm³/mol. The van der Waals surface area contributed by atoms with Crippen LogP contribution in [0.15, 0.2) is 30.9 Å². The lowest BCUT2D eigenvalue weighted by molar-refractivity contribution is 0.0768. The van der Waals surface area contributed by atoms with Crippen molar-refractivity contribution in [3.63, 3.8) is 0 Å². The number of ketones is 1. The molecular formula is C12H12Cl2O2. The molecule has 0 saturated heterocycles. The molecule has 0 aliphatic heterocycles. The lowest BCUT2D eigenvalue weighted by Gasteiger charge is -2.04. The quantitative estimate of drug-likeness (QED) is 0.441. The number of carbonyl (C=O) groups excluding carboxylic acids is 1. The van der Waals surface area contributed by atoms with Crippen LogP contribution in [0.2, 0.25) is 10.0 Å². The summed E-state index contributed by atoms with van der Waals surface area (Å²) in [4.78, 5) is 11.7. The smallest absolute Gasteiger partial charge is 0.189 e. The molecule has 2 nitrogen and oxygen atoms in total. The van der Waals surface area contributed by atoms with Crippen molar-refractivity contribution in [2.24, 2.45) is 0 Å². The molecule has 0 bridgehead atoms. The Bertz CT molecular complexity index is 389. The monoisotopic (exact) mass is 258 g/mol. The first kappa shape index (κ1) is 13.2. The summed E-state index contributed by atoms with van der Waals surface area (Å²) in [6, 6.07) is 4.77. The van der Waals surface area contributed by atoms with Crippen LogP contribution in [-0.2, 0) is 4.74 Å². The van der Waals surface area contributed by atoms with Crippen LogP contribution < -0.4 is 0 Å². The molecular weight excluding hydrogens is 247 g/mol. The molecule has 86 valence electrons. The van der Waals surface area contributed by atoms with Gasteiger partial charge in [0.05, 0.1) is 11.6 Å². The first-order valence-corrected chi connectivity index (χ1v) is 5.57. The van der Waals surface area contributed by atoms with Gasteiger partial charge in [-0.05, 0) is 24.6 Å². The van der Waals surface area contributed by atoms with E-state index in [1.807, 2.05) is 0 Å². The number of Topliss-reactive ketones (excluding diaryl/α,β-unsaturated/α-hetero) is 1. The second-order valence-corrected chi connectivity index (χ2v) is 4.02. The predicted octanol–water partition coefficient (Wildman–Crippen LogP) is 3.77. The van der Waals surface area contributed by atoms with Crippen LogP contribution in [0, 0.1) is 0 Å². The van der Waals surface area contributed by atoms with Gasteiger partial charge in [-0.15, -0.1) is 6.58 Å². The van der Waals surface area contributed by atoms with E-state index < -0.39 is 0 Å². The number of hydrogen-bond donors (Lipinski definition) is 0. The van der Waals surface area contributed by atoms with Crippen molar-refractivity contribution in [1.82, 2.24) is 0 Å². The number of carbonyl (C=O) groups is 1. The number of halogens is 2. The molecule has 0 aliphatic rings. The van der Waals surface area contributed by atoms with Gasteiger partial charge < -0.3 is 4.74 Å². The zero-order chi connectivity index (χ0) is 12.0. The number of rotatable bonds is 6. The molecule has 0 unspecified atom stereocenters. The van der Waals surface area contributed by atoms with Crippen molar-refractivity contribution in [3.05, 3.63) is 46.5 Å². The highest BCUT2D eigenvalue weighted by Crippen LogP contribution is 2.21. The van der Waals surface area contributed by atoms with Crippen molar-refractivity contribution in [2.45, 2.75) is 6.42 Å². The van der Waals surface area contributed by atoms with Crippen LogP contribution in [0.5, 0.6) is 0 Å². The normalized spacial score (nSPS) is 10.1. The highest BCUT2D eigenvalue weighted by atomic mass is 35.5. The fraction of sp³-hybridized carbons (Fsp3) is 0.250. The molecule has 1 aromatic rings. The maximum atomic E-state index is 11.7. The topological polar surface area (TPSA) is 26.3 Å². The van der Waals surface area contributed by atoms with Crippen molar-refractivity contribution >= 4 is 29.0 Å². The molecule has 0 aromatic heterocycles. The van der Waals surface area contributed by atoms with Gasteiger partial charge in [-0.25, -0.2) is 0 Å². The third kappa shape index (κ3) is 3.97. The Hall–Kier alpha value is -0.830. The van der Waals surface area contributed by atoms with Gasteiger partial charge in [-0.1, -0.05) is 29.3 Å². The molecule has 1 rings (SSSR count).